The van der Waals surface area contributed by atoms with Crippen LogP contribution in [-0.4, -0.2) is 65.7 Å². The highest BCUT2D eigenvalue weighted by Crippen LogP contribution is 2.03. The van der Waals surface area contributed by atoms with Crippen molar-refractivity contribution in [2.75, 3.05) is 32.7 Å². The second kappa shape index (κ2) is 10.5. The molecule has 0 spiro atoms. The van der Waals surface area contributed by atoms with Crippen molar-refractivity contribution in [2.45, 2.75) is 46.6 Å². The van der Waals surface area contributed by atoms with Crippen LogP contribution in [0.5, 0.6) is 0 Å². The number of carbonyl (C=O) groups excluding carboxylic acids is 1. The smallest absolute Gasteiger partial charge is 0.323 e. The lowest BCUT2D eigenvalue weighted by Crippen LogP contribution is -2.48. The maximum atomic E-state index is 12.0. The molecule has 0 saturated carbocycles. The maximum absolute atomic E-state index is 12.0. The molecule has 0 fully saturated rings. The van der Waals surface area contributed by atoms with Gasteiger partial charge in [-0.15, -0.1) is 0 Å². The molecule has 0 aromatic rings. The van der Waals surface area contributed by atoms with E-state index in [-0.39, 0.29) is 18.6 Å². The number of urea groups is 1. The third-order valence-electron chi connectivity index (χ3n) is 3.38. The van der Waals surface area contributed by atoms with Gasteiger partial charge in [-0.1, -0.05) is 20.8 Å². The fraction of sp³-hybridized carbons (Fsp3) is 0.857. The molecule has 0 saturated heterocycles. The summed E-state index contributed by atoms with van der Waals surface area (Å²) in [6, 6.07) is -0.377. The molecule has 2 amide bonds. The van der Waals surface area contributed by atoms with Crippen LogP contribution in [-0.2, 0) is 4.79 Å². The number of likely N-dealkylation sites (N-methyl/N-ethyl adjacent to an activating group) is 1. The zero-order chi connectivity index (χ0) is 15.5. The molecule has 0 aliphatic heterocycles. The van der Waals surface area contributed by atoms with E-state index in [0.29, 0.717) is 6.54 Å². The van der Waals surface area contributed by atoms with E-state index >= 15 is 0 Å². The molecule has 0 aliphatic rings. The lowest BCUT2D eigenvalue weighted by Gasteiger charge is -2.28. The van der Waals surface area contributed by atoms with Crippen molar-refractivity contribution < 1.29 is 14.7 Å². The Morgan fingerprint density at radius 1 is 1.20 bits per heavy atom. The third kappa shape index (κ3) is 7.33. The summed E-state index contributed by atoms with van der Waals surface area (Å²) in [5.74, 6) is -0.985. The Morgan fingerprint density at radius 2 is 1.85 bits per heavy atom. The minimum atomic E-state index is -0.985. The number of carboxylic acids is 1. The van der Waals surface area contributed by atoms with Crippen molar-refractivity contribution in [3.8, 4) is 0 Å². The molecule has 20 heavy (non-hydrogen) atoms. The van der Waals surface area contributed by atoms with Gasteiger partial charge < -0.3 is 20.2 Å². The average molecular weight is 287 g/mol. The number of hydrogen-bond acceptors (Lipinski definition) is 3. The topological polar surface area (TPSA) is 72.9 Å². The number of nitrogens with zero attached hydrogens (tertiary/aromatic N) is 2. The summed E-state index contributed by atoms with van der Waals surface area (Å²) in [6.07, 6.45) is 1.82. The summed E-state index contributed by atoms with van der Waals surface area (Å²) < 4.78 is 0. The number of carbonyl (C=O) groups is 2. The minimum absolute atomic E-state index is 0.0796. The lowest BCUT2D eigenvalue weighted by atomic mass is 10.2. The number of hydrogen-bond donors (Lipinski definition) is 2. The number of amides is 2. The van der Waals surface area contributed by atoms with Gasteiger partial charge in [-0.25, -0.2) is 4.79 Å². The third-order valence-corrected chi connectivity index (χ3v) is 3.38. The van der Waals surface area contributed by atoms with Gasteiger partial charge in [0.2, 0.25) is 0 Å². The van der Waals surface area contributed by atoms with Crippen LogP contribution in [0.25, 0.3) is 0 Å². The quantitative estimate of drug-likeness (QED) is 0.640. The Morgan fingerprint density at radius 3 is 2.30 bits per heavy atom. The molecule has 0 aromatic carbocycles. The summed E-state index contributed by atoms with van der Waals surface area (Å²) >= 11 is 0. The van der Waals surface area contributed by atoms with Crippen molar-refractivity contribution in [1.82, 2.24) is 15.1 Å². The van der Waals surface area contributed by atoms with E-state index in [2.05, 4.69) is 24.1 Å². The molecule has 0 heterocycles. The Kier molecular flexibility index (Phi) is 9.80. The number of carboxylic acid groups (broad SMARTS) is 1. The molecular weight excluding hydrogens is 258 g/mol. The summed E-state index contributed by atoms with van der Waals surface area (Å²) in [5, 5.41) is 11.7. The van der Waals surface area contributed by atoms with E-state index in [1.54, 1.807) is 0 Å². The molecule has 0 radical (unpaired) electrons. The lowest BCUT2D eigenvalue weighted by molar-refractivity contribution is -0.138. The molecule has 0 bridgehead atoms. The van der Waals surface area contributed by atoms with Gasteiger partial charge in [0.25, 0.3) is 0 Å². The normalized spacial score (nSPS) is 12.2. The molecule has 1 atom stereocenters. The van der Waals surface area contributed by atoms with E-state index in [9.17, 15) is 9.59 Å². The van der Waals surface area contributed by atoms with Gasteiger partial charge in [0.05, 0.1) is 0 Å². The van der Waals surface area contributed by atoms with E-state index in [1.807, 2.05) is 13.8 Å². The zero-order valence-electron chi connectivity index (χ0n) is 13.2. The monoisotopic (exact) mass is 287 g/mol. The van der Waals surface area contributed by atoms with Crippen LogP contribution < -0.4 is 5.32 Å². The molecule has 0 aliphatic carbocycles. The minimum Gasteiger partial charge on any atom is -0.480 e. The van der Waals surface area contributed by atoms with Crippen molar-refractivity contribution in [3.63, 3.8) is 0 Å². The van der Waals surface area contributed by atoms with Crippen molar-refractivity contribution in [3.05, 3.63) is 0 Å². The first-order chi connectivity index (χ1) is 9.46. The van der Waals surface area contributed by atoms with Gasteiger partial charge in [0, 0.05) is 19.1 Å². The van der Waals surface area contributed by atoms with E-state index in [1.165, 1.54) is 4.90 Å². The van der Waals surface area contributed by atoms with Crippen LogP contribution in [0.2, 0.25) is 0 Å². The highest BCUT2D eigenvalue weighted by atomic mass is 16.4. The van der Waals surface area contributed by atoms with E-state index < -0.39 is 5.97 Å². The molecule has 1 unspecified atom stereocenters. The fourth-order valence-electron chi connectivity index (χ4n) is 1.96. The summed E-state index contributed by atoms with van der Waals surface area (Å²) in [7, 11) is 0. The SMILES string of the molecule is CCCN(CC)CCNC(=O)N(CC(=O)O)C(C)CC. The maximum Gasteiger partial charge on any atom is 0.323 e. The van der Waals surface area contributed by atoms with Crippen LogP contribution in [0.4, 0.5) is 4.79 Å². The Bertz CT molecular complexity index is 297. The Balaban J connectivity index is 4.28. The Hall–Kier alpha value is -1.30. The highest BCUT2D eigenvalue weighted by Gasteiger charge is 2.21. The van der Waals surface area contributed by atoms with Crippen molar-refractivity contribution in [2.24, 2.45) is 0 Å². The van der Waals surface area contributed by atoms with E-state index in [4.69, 9.17) is 5.11 Å². The predicted octanol–water partition coefficient (Wildman–Crippen LogP) is 1.61. The van der Waals surface area contributed by atoms with Crippen LogP contribution >= 0.6 is 0 Å². The van der Waals surface area contributed by atoms with E-state index in [0.717, 1.165) is 32.5 Å². The summed E-state index contributed by atoms with van der Waals surface area (Å²) in [6.45, 7) is 11.0. The van der Waals surface area contributed by atoms with Gasteiger partial charge in [-0.3, -0.25) is 4.79 Å². The summed E-state index contributed by atoms with van der Waals surface area (Å²) in [4.78, 5) is 26.5. The summed E-state index contributed by atoms with van der Waals surface area (Å²) in [5.41, 5.74) is 0. The second-order valence-corrected chi connectivity index (χ2v) is 4.95. The largest absolute Gasteiger partial charge is 0.480 e. The molecule has 6 heteroatoms. The number of rotatable bonds is 10. The molecule has 0 rings (SSSR count). The Labute approximate surface area is 122 Å². The zero-order valence-corrected chi connectivity index (χ0v) is 13.2. The van der Waals surface area contributed by atoms with Gasteiger partial charge >= 0.3 is 12.0 Å². The fourth-order valence-corrected chi connectivity index (χ4v) is 1.96. The number of aliphatic carboxylic acids is 1. The van der Waals surface area contributed by atoms with Crippen LogP contribution in [0.1, 0.15) is 40.5 Å². The first-order valence-corrected chi connectivity index (χ1v) is 7.44. The van der Waals surface area contributed by atoms with Gasteiger partial charge in [-0.05, 0) is 32.9 Å². The van der Waals surface area contributed by atoms with Gasteiger partial charge in [0.1, 0.15) is 6.54 Å². The molecular formula is C14H29N3O3. The predicted molar refractivity (Wildman–Crippen MR) is 79.9 cm³/mol. The second-order valence-electron chi connectivity index (χ2n) is 4.95. The van der Waals surface area contributed by atoms with Crippen molar-refractivity contribution >= 4 is 12.0 Å². The first-order valence-electron chi connectivity index (χ1n) is 7.44. The number of nitrogens with one attached hydrogen (secondary N) is 1. The van der Waals surface area contributed by atoms with Crippen molar-refractivity contribution in [1.29, 1.82) is 0 Å². The van der Waals surface area contributed by atoms with Crippen LogP contribution in [0.15, 0.2) is 0 Å². The molecule has 118 valence electrons. The standard InChI is InChI=1S/C14H29N3O3/c1-5-9-16(7-3)10-8-15-14(20)17(11-13(18)19)12(4)6-2/h12H,5-11H2,1-4H3,(H,15,20)(H,18,19). The van der Waals surface area contributed by atoms with Crippen LogP contribution in [0, 0.1) is 0 Å². The first kappa shape index (κ1) is 18.7. The molecule has 0 aromatic heterocycles. The highest BCUT2D eigenvalue weighted by molar-refractivity contribution is 5.80. The van der Waals surface area contributed by atoms with Gasteiger partial charge in [0.15, 0.2) is 0 Å². The molecule has 6 nitrogen and oxygen atoms in total. The average Bonchev–Trinajstić information content (AvgIpc) is 2.42. The molecule has 2 N–H and O–H groups in total. The van der Waals surface area contributed by atoms with Gasteiger partial charge in [-0.2, -0.15) is 0 Å². The van der Waals surface area contributed by atoms with Crippen LogP contribution in [0.3, 0.4) is 0 Å².